The number of carbonyl (C=O) groups excluding carboxylic acids is 5. The summed E-state index contributed by atoms with van der Waals surface area (Å²) in [4.78, 5) is 55.5. The third-order valence-corrected chi connectivity index (χ3v) is 8.51. The maximum atomic E-state index is 13.5. The molecule has 2 fully saturated rings. The van der Waals surface area contributed by atoms with Gasteiger partial charge in [0.15, 0.2) is 6.10 Å². The van der Waals surface area contributed by atoms with E-state index in [9.17, 15) is 32.8 Å². The molecule has 0 bridgehead atoms. The molecule has 2 rings (SSSR count). The first kappa shape index (κ1) is 66.0. The van der Waals surface area contributed by atoms with Gasteiger partial charge in [-0.25, -0.2) is 24.0 Å². The molecule has 0 amide bonds. The highest BCUT2D eigenvalue weighted by atomic mass is 19.3. The fraction of sp³-hybridized carbons (Fsp3) is 0.711. The van der Waals surface area contributed by atoms with Crippen LogP contribution in [0.1, 0.15) is 169 Å². The largest absolute Gasteiger partial charge is 0.461 e. The minimum absolute atomic E-state index is 0. The molecule has 0 spiro atoms. The van der Waals surface area contributed by atoms with E-state index in [-0.39, 0.29) is 84.7 Å². The average molecular weight is 837 g/mol. The van der Waals surface area contributed by atoms with Crippen molar-refractivity contribution in [3.05, 3.63) is 48.6 Å². The number of aliphatic hydroxyl groups is 1. The number of rotatable bonds is 14. The molecule has 2 saturated carbocycles. The number of esters is 5. The number of aliphatic hydroxyl groups excluding tert-OH is 1. The van der Waals surface area contributed by atoms with Crippen LogP contribution in [0.15, 0.2) is 48.6 Å². The van der Waals surface area contributed by atoms with Crippen LogP contribution >= 0.6 is 0 Å². The lowest BCUT2D eigenvalue weighted by atomic mass is 9.85. The van der Waals surface area contributed by atoms with Gasteiger partial charge in [-0.2, -0.15) is 8.78 Å². The van der Waals surface area contributed by atoms with E-state index in [4.69, 9.17) is 14.6 Å². The van der Waals surface area contributed by atoms with Crippen LogP contribution in [-0.2, 0) is 47.7 Å². The molecule has 0 aromatic carbocycles. The Morgan fingerprint density at radius 1 is 0.638 bits per heavy atom. The van der Waals surface area contributed by atoms with Gasteiger partial charge in [-0.3, -0.25) is 0 Å². The van der Waals surface area contributed by atoms with Crippen molar-refractivity contribution < 1.29 is 61.5 Å². The first-order valence-electron chi connectivity index (χ1n) is 18.7. The molecular formula is C45H82F2O11. The maximum absolute atomic E-state index is 13.5. The molecule has 0 aromatic rings. The third-order valence-electron chi connectivity index (χ3n) is 8.51. The molecule has 1 N–H and O–H groups in total. The molecular weight excluding hydrogens is 754 g/mol. The predicted molar refractivity (Wildman–Crippen MR) is 230 cm³/mol. The number of ether oxygens (including phenoxy) is 5. The highest BCUT2D eigenvalue weighted by molar-refractivity contribution is 5.88. The van der Waals surface area contributed by atoms with Crippen LogP contribution in [0.2, 0.25) is 0 Å². The molecule has 58 heavy (non-hydrogen) atoms. The van der Waals surface area contributed by atoms with Crippen molar-refractivity contribution in [2.45, 2.75) is 192 Å². The summed E-state index contributed by atoms with van der Waals surface area (Å²) in [5.74, 6) is -7.43. The zero-order valence-electron chi connectivity index (χ0n) is 34.0. The Bertz CT molecular complexity index is 1260. The lowest BCUT2D eigenvalue weighted by molar-refractivity contribution is -0.196. The minimum Gasteiger partial charge on any atom is -0.461 e. The molecule has 0 radical (unpaired) electrons. The quantitative estimate of drug-likeness (QED) is 0.101. The van der Waals surface area contributed by atoms with E-state index in [1.54, 1.807) is 20.8 Å². The Balaban J connectivity index is -0.000000155. The number of halogens is 2. The fourth-order valence-electron chi connectivity index (χ4n) is 5.16. The molecule has 0 saturated heterocycles. The first-order chi connectivity index (χ1) is 25.1. The Labute approximate surface area is 351 Å². The summed E-state index contributed by atoms with van der Waals surface area (Å²) < 4.78 is 51.2. The van der Waals surface area contributed by atoms with Crippen molar-refractivity contribution in [3.63, 3.8) is 0 Å². The topological polar surface area (TPSA) is 152 Å². The number of carbonyl (C=O) groups is 5. The van der Waals surface area contributed by atoms with Gasteiger partial charge in [-0.05, 0) is 106 Å². The Kier molecular flexibility index (Phi) is 38.7. The molecule has 342 valence electrons. The van der Waals surface area contributed by atoms with Crippen LogP contribution in [0.25, 0.3) is 0 Å². The Hall–Kier alpha value is -3.87. The van der Waals surface area contributed by atoms with Crippen molar-refractivity contribution in [1.82, 2.24) is 0 Å². The van der Waals surface area contributed by atoms with Crippen molar-refractivity contribution >= 4 is 29.8 Å². The van der Waals surface area contributed by atoms with Gasteiger partial charge in [0.2, 0.25) is 0 Å². The van der Waals surface area contributed by atoms with Gasteiger partial charge in [0, 0.05) is 22.3 Å². The van der Waals surface area contributed by atoms with Crippen LogP contribution in [0.3, 0.4) is 0 Å². The van der Waals surface area contributed by atoms with E-state index in [1.165, 1.54) is 65.7 Å². The summed E-state index contributed by atoms with van der Waals surface area (Å²) >= 11 is 0. The number of hydrogen-bond acceptors (Lipinski definition) is 11. The molecule has 11 nitrogen and oxygen atoms in total. The molecule has 2 aliphatic carbocycles. The van der Waals surface area contributed by atoms with Crippen LogP contribution in [-0.4, -0.2) is 78.0 Å². The summed E-state index contributed by atoms with van der Waals surface area (Å²) in [5, 5.41) is 8.19. The standard InChI is InChI=1S/C14H24O2.C11H16F2O4.C10H16O2.C6H10O3.4CH4/c1-4-14(16-13(15)12(2)3)10-8-6-5-7-9-11-14;1-5-8(17-9(14)7(3)4)11(12,13)10(15)16-6-2;1-8(2)9(11)12-10(3)6-4-5-7-10;1-5(2)6(8)9-4-3-7;;;;/h2,4-11H2,1,3H3;8H,3,5-6H2,1-2,4H3;1,4-7H2,2-3H3;7H,1,3-4H2,2H3;4*1H4. The van der Waals surface area contributed by atoms with E-state index < -0.39 is 29.9 Å². The van der Waals surface area contributed by atoms with Crippen LogP contribution in [0.4, 0.5) is 8.78 Å². The van der Waals surface area contributed by atoms with E-state index in [0.29, 0.717) is 16.7 Å². The summed E-state index contributed by atoms with van der Waals surface area (Å²) in [7, 11) is 0. The molecule has 0 aromatic heterocycles. The molecule has 0 heterocycles. The lowest BCUT2D eigenvalue weighted by Gasteiger charge is -2.34. The number of hydrogen-bond donors (Lipinski definition) is 1. The highest BCUT2D eigenvalue weighted by Gasteiger charge is 2.50. The van der Waals surface area contributed by atoms with Gasteiger partial charge in [0.1, 0.15) is 17.8 Å². The van der Waals surface area contributed by atoms with E-state index in [0.717, 1.165) is 32.1 Å². The predicted octanol–water partition coefficient (Wildman–Crippen LogP) is 11.2. The van der Waals surface area contributed by atoms with Crippen molar-refractivity contribution in [3.8, 4) is 0 Å². The lowest BCUT2D eigenvalue weighted by Crippen LogP contribution is -2.45. The van der Waals surface area contributed by atoms with Gasteiger partial charge in [-0.15, -0.1) is 0 Å². The van der Waals surface area contributed by atoms with E-state index in [1.807, 2.05) is 6.92 Å². The number of alkyl halides is 2. The highest BCUT2D eigenvalue weighted by Crippen LogP contribution is 2.34. The monoisotopic (exact) mass is 837 g/mol. The Morgan fingerprint density at radius 2 is 1.03 bits per heavy atom. The maximum Gasteiger partial charge on any atom is 0.381 e. The van der Waals surface area contributed by atoms with Gasteiger partial charge in [0.05, 0.1) is 13.2 Å². The van der Waals surface area contributed by atoms with Crippen LogP contribution in [0.5, 0.6) is 0 Å². The van der Waals surface area contributed by atoms with Gasteiger partial charge < -0.3 is 28.8 Å². The normalized spacial score (nSPS) is 15.0. The summed E-state index contributed by atoms with van der Waals surface area (Å²) in [6, 6.07) is 0. The van der Waals surface area contributed by atoms with Crippen molar-refractivity contribution in [2.75, 3.05) is 19.8 Å². The van der Waals surface area contributed by atoms with Gasteiger partial charge >= 0.3 is 35.8 Å². The van der Waals surface area contributed by atoms with Crippen LogP contribution in [0, 0.1) is 0 Å². The minimum atomic E-state index is -3.85. The zero-order chi connectivity index (χ0) is 42.1. The summed E-state index contributed by atoms with van der Waals surface area (Å²) in [5.41, 5.74) is 0.913. The molecule has 2 aliphatic rings. The molecule has 13 heteroatoms. The van der Waals surface area contributed by atoms with Gasteiger partial charge in [0.25, 0.3) is 0 Å². The van der Waals surface area contributed by atoms with E-state index >= 15 is 0 Å². The molecule has 1 atom stereocenters. The molecule has 1 unspecified atom stereocenters. The van der Waals surface area contributed by atoms with Crippen LogP contribution < -0.4 is 0 Å². The average Bonchev–Trinajstić information content (AvgIpc) is 3.53. The Morgan fingerprint density at radius 3 is 1.40 bits per heavy atom. The second-order valence-corrected chi connectivity index (χ2v) is 13.9. The third kappa shape index (κ3) is 26.9. The SMILES string of the molecule is C.C.C.C.C=C(C)C(=O)OC(CC)C(F)(F)C(=O)OCC.C=C(C)C(=O)OC1(C)CCCC1.C=C(C)C(=O)OC1(CC)CCCCCCC1.C=C(C)C(=O)OCCO. The van der Waals surface area contributed by atoms with Crippen molar-refractivity contribution in [1.29, 1.82) is 0 Å². The van der Waals surface area contributed by atoms with Gasteiger partial charge in [-0.1, -0.05) is 89.1 Å². The van der Waals surface area contributed by atoms with Crippen molar-refractivity contribution in [2.24, 2.45) is 0 Å². The summed E-state index contributed by atoms with van der Waals surface area (Å²) in [6.07, 6.45) is 11.5. The second kappa shape index (κ2) is 34.0. The molecule has 0 aliphatic heterocycles. The van der Waals surface area contributed by atoms with E-state index in [2.05, 4.69) is 47.5 Å². The fourth-order valence-corrected chi connectivity index (χ4v) is 5.16. The first-order valence-corrected chi connectivity index (χ1v) is 18.7. The summed E-state index contributed by atoms with van der Waals surface area (Å²) in [6.45, 7) is 26.8. The smallest absolute Gasteiger partial charge is 0.381 e. The zero-order valence-corrected chi connectivity index (χ0v) is 34.0. The second-order valence-electron chi connectivity index (χ2n) is 13.9.